The zero-order chi connectivity index (χ0) is 14.1. The summed E-state index contributed by atoms with van der Waals surface area (Å²) in [6.45, 7) is 0.109. The van der Waals surface area contributed by atoms with Crippen LogP contribution >= 0.6 is 0 Å². The Bertz CT molecular complexity index is 777. The summed E-state index contributed by atoms with van der Waals surface area (Å²) in [5.74, 6) is -0.686. The van der Waals surface area contributed by atoms with Gasteiger partial charge in [-0.3, -0.25) is 9.78 Å². The molecule has 0 radical (unpaired) electrons. The molecule has 0 bridgehead atoms. The van der Waals surface area contributed by atoms with Gasteiger partial charge in [-0.15, -0.1) is 0 Å². The minimum atomic E-state index is -0.408. The van der Waals surface area contributed by atoms with Crippen LogP contribution in [0.5, 0.6) is 0 Å². The Kier molecular flexibility index (Phi) is 2.95. The third-order valence-corrected chi connectivity index (χ3v) is 3.12. The van der Waals surface area contributed by atoms with E-state index in [9.17, 15) is 9.18 Å². The summed E-state index contributed by atoms with van der Waals surface area (Å²) in [5, 5.41) is 0. The van der Waals surface area contributed by atoms with E-state index in [0.717, 1.165) is 22.2 Å². The van der Waals surface area contributed by atoms with E-state index < -0.39 is 5.91 Å². The van der Waals surface area contributed by atoms with Crippen molar-refractivity contribution in [2.75, 3.05) is 0 Å². The van der Waals surface area contributed by atoms with Gasteiger partial charge in [0.2, 0.25) is 5.91 Å². The Morgan fingerprint density at radius 3 is 2.65 bits per heavy atom. The number of amides is 1. The van der Waals surface area contributed by atoms with Crippen LogP contribution in [-0.4, -0.2) is 15.5 Å². The molecule has 0 fully saturated rings. The molecule has 2 aromatic heterocycles. The number of carbonyl (C=O) groups is 1. The number of pyridine rings is 1. The molecule has 4 nitrogen and oxygen atoms in total. The van der Waals surface area contributed by atoms with Crippen molar-refractivity contribution < 1.29 is 9.18 Å². The Labute approximate surface area is 114 Å². The van der Waals surface area contributed by atoms with Gasteiger partial charge in [0.15, 0.2) is 0 Å². The number of nitrogens with zero attached hydrogens (tertiary/aromatic N) is 2. The molecule has 0 aliphatic carbocycles. The number of hydrogen-bond donors (Lipinski definition) is 1. The lowest BCUT2D eigenvalue weighted by Crippen LogP contribution is -2.17. The topological polar surface area (TPSA) is 60.9 Å². The van der Waals surface area contributed by atoms with Gasteiger partial charge in [0.25, 0.3) is 0 Å². The van der Waals surface area contributed by atoms with Crippen molar-refractivity contribution in [3.8, 4) is 11.1 Å². The standard InChI is InChI=1S/C15H12FN3O/c16-12-3-1-10(2-4-12)11-7-14-13(18-8-11)5-6-19(14)9-15(17)20/h1-8H,9H2,(H2,17,20). The van der Waals surface area contributed by atoms with Gasteiger partial charge >= 0.3 is 0 Å². The Hall–Kier alpha value is -2.69. The summed E-state index contributed by atoms with van der Waals surface area (Å²) < 4.78 is 14.7. The summed E-state index contributed by atoms with van der Waals surface area (Å²) >= 11 is 0. The number of primary amides is 1. The van der Waals surface area contributed by atoms with Crippen LogP contribution < -0.4 is 5.73 Å². The smallest absolute Gasteiger partial charge is 0.237 e. The predicted molar refractivity (Wildman–Crippen MR) is 74.3 cm³/mol. The lowest BCUT2D eigenvalue weighted by molar-refractivity contribution is -0.118. The first-order chi connectivity index (χ1) is 9.63. The van der Waals surface area contributed by atoms with Crippen LogP contribution in [0.25, 0.3) is 22.2 Å². The highest BCUT2D eigenvalue weighted by atomic mass is 19.1. The molecule has 0 saturated carbocycles. The predicted octanol–water partition coefficient (Wildman–Crippen LogP) is 2.33. The second-order valence-electron chi connectivity index (χ2n) is 4.55. The maximum Gasteiger partial charge on any atom is 0.237 e. The van der Waals surface area contributed by atoms with Gasteiger partial charge < -0.3 is 10.3 Å². The minimum absolute atomic E-state index is 0.109. The first-order valence-electron chi connectivity index (χ1n) is 6.12. The van der Waals surface area contributed by atoms with E-state index in [-0.39, 0.29) is 12.4 Å². The molecule has 20 heavy (non-hydrogen) atoms. The van der Waals surface area contributed by atoms with Crippen LogP contribution in [0.2, 0.25) is 0 Å². The second kappa shape index (κ2) is 4.77. The van der Waals surface area contributed by atoms with Gasteiger partial charge in [-0.1, -0.05) is 12.1 Å². The SMILES string of the molecule is NC(=O)Cn1ccc2ncc(-c3ccc(F)cc3)cc21. The quantitative estimate of drug-likeness (QED) is 0.793. The average Bonchev–Trinajstić information content (AvgIpc) is 2.81. The molecule has 2 heterocycles. The van der Waals surface area contributed by atoms with Crippen molar-refractivity contribution in [3.63, 3.8) is 0 Å². The van der Waals surface area contributed by atoms with E-state index >= 15 is 0 Å². The Balaban J connectivity index is 2.09. The van der Waals surface area contributed by atoms with E-state index in [0.29, 0.717) is 0 Å². The number of benzene rings is 1. The molecule has 0 aliphatic heterocycles. The molecule has 3 aromatic rings. The van der Waals surface area contributed by atoms with Crippen molar-refractivity contribution in [2.24, 2.45) is 5.73 Å². The number of halogens is 1. The van der Waals surface area contributed by atoms with E-state index in [1.54, 1.807) is 29.1 Å². The summed E-state index contributed by atoms with van der Waals surface area (Å²) in [7, 11) is 0. The summed E-state index contributed by atoms with van der Waals surface area (Å²) in [5.41, 5.74) is 8.56. The molecule has 1 amide bonds. The highest BCUT2D eigenvalue weighted by Gasteiger charge is 2.07. The molecule has 3 rings (SSSR count). The molecule has 100 valence electrons. The normalized spacial score (nSPS) is 10.8. The fourth-order valence-electron chi connectivity index (χ4n) is 2.17. The molecule has 0 atom stereocenters. The number of nitrogens with two attached hydrogens (primary N) is 1. The fraction of sp³-hybridized carbons (Fsp3) is 0.0667. The van der Waals surface area contributed by atoms with Crippen molar-refractivity contribution in [1.29, 1.82) is 0 Å². The van der Waals surface area contributed by atoms with Crippen molar-refractivity contribution >= 4 is 16.9 Å². The average molecular weight is 269 g/mol. The van der Waals surface area contributed by atoms with Gasteiger partial charge in [0.1, 0.15) is 12.4 Å². The molecular formula is C15H12FN3O. The summed E-state index contributed by atoms with van der Waals surface area (Å²) in [4.78, 5) is 15.4. The molecule has 2 N–H and O–H groups in total. The summed E-state index contributed by atoms with van der Waals surface area (Å²) in [6, 6.07) is 9.94. The first-order valence-corrected chi connectivity index (χ1v) is 6.12. The van der Waals surface area contributed by atoms with Crippen LogP contribution in [0, 0.1) is 5.82 Å². The van der Waals surface area contributed by atoms with Crippen molar-refractivity contribution in [1.82, 2.24) is 9.55 Å². The summed E-state index contributed by atoms with van der Waals surface area (Å²) in [6.07, 6.45) is 3.50. The van der Waals surface area contributed by atoms with Crippen molar-refractivity contribution in [2.45, 2.75) is 6.54 Å². The molecular weight excluding hydrogens is 257 g/mol. The van der Waals surface area contributed by atoms with Gasteiger partial charge in [-0.25, -0.2) is 4.39 Å². The van der Waals surface area contributed by atoms with E-state index in [4.69, 9.17) is 5.73 Å². The lowest BCUT2D eigenvalue weighted by atomic mass is 10.1. The molecule has 1 aromatic carbocycles. The monoisotopic (exact) mass is 269 g/mol. The molecule has 0 unspecified atom stereocenters. The third-order valence-electron chi connectivity index (χ3n) is 3.12. The van der Waals surface area contributed by atoms with Crippen molar-refractivity contribution in [3.05, 3.63) is 54.6 Å². The highest BCUT2D eigenvalue weighted by Crippen LogP contribution is 2.23. The minimum Gasteiger partial charge on any atom is -0.368 e. The number of hydrogen-bond acceptors (Lipinski definition) is 2. The number of rotatable bonds is 3. The maximum absolute atomic E-state index is 12.9. The van der Waals surface area contributed by atoms with Gasteiger partial charge in [0, 0.05) is 18.0 Å². The lowest BCUT2D eigenvalue weighted by Gasteiger charge is -2.05. The second-order valence-corrected chi connectivity index (χ2v) is 4.55. The fourth-order valence-corrected chi connectivity index (χ4v) is 2.17. The van der Waals surface area contributed by atoms with Crippen LogP contribution in [0.3, 0.4) is 0 Å². The Morgan fingerprint density at radius 2 is 1.95 bits per heavy atom. The van der Waals surface area contributed by atoms with Gasteiger partial charge in [-0.2, -0.15) is 0 Å². The van der Waals surface area contributed by atoms with E-state index in [1.807, 2.05) is 12.1 Å². The van der Waals surface area contributed by atoms with Crippen LogP contribution in [0.15, 0.2) is 48.8 Å². The molecule has 0 saturated heterocycles. The van der Waals surface area contributed by atoms with Crippen LogP contribution in [0.1, 0.15) is 0 Å². The van der Waals surface area contributed by atoms with Gasteiger partial charge in [0.05, 0.1) is 11.0 Å². The zero-order valence-corrected chi connectivity index (χ0v) is 10.6. The number of carbonyl (C=O) groups excluding carboxylic acids is 1. The van der Waals surface area contributed by atoms with Crippen LogP contribution in [0.4, 0.5) is 4.39 Å². The third kappa shape index (κ3) is 2.25. The number of fused-ring (bicyclic) bond motifs is 1. The number of aromatic nitrogens is 2. The highest BCUT2D eigenvalue weighted by molar-refractivity contribution is 5.83. The zero-order valence-electron chi connectivity index (χ0n) is 10.6. The van der Waals surface area contributed by atoms with E-state index in [1.165, 1.54) is 12.1 Å². The maximum atomic E-state index is 12.9. The largest absolute Gasteiger partial charge is 0.368 e. The Morgan fingerprint density at radius 1 is 1.20 bits per heavy atom. The first kappa shape index (κ1) is 12.3. The molecule has 5 heteroatoms. The molecule has 0 aliphatic rings. The van der Waals surface area contributed by atoms with Gasteiger partial charge in [-0.05, 0) is 29.8 Å². The van der Waals surface area contributed by atoms with Crippen LogP contribution in [-0.2, 0) is 11.3 Å². The molecule has 0 spiro atoms. The van der Waals surface area contributed by atoms with E-state index in [2.05, 4.69) is 4.98 Å².